The molecule has 4 nitrogen and oxygen atoms in total. The van der Waals surface area contributed by atoms with Crippen LogP contribution in [0.25, 0.3) is 0 Å². The quantitative estimate of drug-likeness (QED) is 0.820. The Kier molecular flexibility index (Phi) is 4.58. The van der Waals surface area contributed by atoms with E-state index in [9.17, 15) is 12.8 Å². The number of halogens is 2. The first-order valence-corrected chi connectivity index (χ1v) is 8.68. The Labute approximate surface area is 129 Å². The van der Waals surface area contributed by atoms with Gasteiger partial charge in [-0.2, -0.15) is 4.31 Å². The molecule has 1 heterocycles. The predicted molar refractivity (Wildman–Crippen MR) is 79.6 cm³/mol. The molecule has 0 N–H and O–H groups in total. The molecule has 0 radical (unpaired) electrons. The maximum atomic E-state index is 13.0. The number of aryl methyl sites for hydroxylation is 1. The van der Waals surface area contributed by atoms with Gasteiger partial charge < -0.3 is 0 Å². The summed E-state index contributed by atoms with van der Waals surface area (Å²) >= 11 is 4.53. The van der Waals surface area contributed by atoms with Gasteiger partial charge in [-0.25, -0.2) is 17.8 Å². The first-order chi connectivity index (χ1) is 9.30. The molecule has 0 fully saturated rings. The Morgan fingerprint density at radius 2 is 2.15 bits per heavy atom. The van der Waals surface area contributed by atoms with Crippen molar-refractivity contribution in [2.75, 3.05) is 7.05 Å². The smallest absolute Gasteiger partial charge is 0.244 e. The summed E-state index contributed by atoms with van der Waals surface area (Å²) in [6, 6.07) is 3.52. The number of benzene rings is 1. The lowest BCUT2D eigenvalue weighted by atomic mass is 10.3. The van der Waals surface area contributed by atoms with Crippen LogP contribution in [0, 0.1) is 12.7 Å². The second-order valence-corrected chi connectivity index (χ2v) is 8.37. The summed E-state index contributed by atoms with van der Waals surface area (Å²) in [5.74, 6) is -0.489. The number of hydrogen-bond donors (Lipinski definition) is 0. The van der Waals surface area contributed by atoms with Crippen molar-refractivity contribution in [3.63, 3.8) is 0 Å². The molecule has 1 aromatic carbocycles. The van der Waals surface area contributed by atoms with E-state index in [1.54, 1.807) is 6.20 Å². The van der Waals surface area contributed by atoms with Crippen LogP contribution < -0.4 is 0 Å². The third-order valence-corrected chi connectivity index (χ3v) is 6.31. The van der Waals surface area contributed by atoms with Gasteiger partial charge in [-0.3, -0.25) is 0 Å². The van der Waals surface area contributed by atoms with E-state index in [0.717, 1.165) is 22.0 Å². The van der Waals surface area contributed by atoms with E-state index in [2.05, 4.69) is 20.9 Å². The largest absolute Gasteiger partial charge is 0.250 e. The molecular weight excluding hydrogens is 367 g/mol. The molecule has 0 atom stereocenters. The van der Waals surface area contributed by atoms with E-state index >= 15 is 0 Å². The van der Waals surface area contributed by atoms with E-state index in [4.69, 9.17) is 0 Å². The highest BCUT2D eigenvalue weighted by molar-refractivity contribution is 9.10. The van der Waals surface area contributed by atoms with Crippen LogP contribution in [0.5, 0.6) is 0 Å². The minimum Gasteiger partial charge on any atom is -0.250 e. The Bertz CT molecular complexity index is 731. The maximum absolute atomic E-state index is 13.0. The number of aromatic nitrogens is 1. The standard InChI is InChI=1S/C12H12BrFN2O2S2/c1-8-15-6-10(19-8)7-16(2)20(17,18)12-4-3-9(14)5-11(12)13/h3-6H,7H2,1-2H3. The van der Waals surface area contributed by atoms with Gasteiger partial charge in [0.15, 0.2) is 0 Å². The molecule has 0 unspecified atom stereocenters. The van der Waals surface area contributed by atoms with Crippen molar-refractivity contribution in [1.29, 1.82) is 0 Å². The second kappa shape index (κ2) is 5.88. The molecular formula is C12H12BrFN2O2S2. The normalized spacial score (nSPS) is 12.1. The van der Waals surface area contributed by atoms with Crippen LogP contribution in [-0.2, 0) is 16.6 Å². The third-order valence-electron chi connectivity index (χ3n) is 2.63. The molecule has 0 amide bonds. The van der Waals surface area contributed by atoms with E-state index in [-0.39, 0.29) is 15.9 Å². The summed E-state index contributed by atoms with van der Waals surface area (Å²) < 4.78 is 39.3. The van der Waals surface area contributed by atoms with Crippen molar-refractivity contribution in [2.45, 2.75) is 18.4 Å². The van der Waals surface area contributed by atoms with Crippen molar-refractivity contribution in [2.24, 2.45) is 0 Å². The number of thiazole rings is 1. The molecule has 0 aliphatic heterocycles. The van der Waals surface area contributed by atoms with Gasteiger partial charge in [0.05, 0.1) is 9.90 Å². The molecule has 8 heteroatoms. The number of nitrogens with zero attached hydrogens (tertiary/aromatic N) is 2. The lowest BCUT2D eigenvalue weighted by molar-refractivity contribution is 0.469. The Hall–Kier alpha value is -0.830. The minimum absolute atomic E-state index is 0.0441. The Morgan fingerprint density at radius 1 is 1.45 bits per heavy atom. The Morgan fingerprint density at radius 3 is 2.70 bits per heavy atom. The van der Waals surface area contributed by atoms with Gasteiger partial charge in [-0.1, -0.05) is 0 Å². The molecule has 0 aliphatic carbocycles. The summed E-state index contributed by atoms with van der Waals surface area (Å²) in [6.07, 6.45) is 1.66. The SMILES string of the molecule is Cc1ncc(CN(C)S(=O)(=O)c2ccc(F)cc2Br)s1. The maximum Gasteiger partial charge on any atom is 0.244 e. The van der Waals surface area contributed by atoms with Gasteiger partial charge in [0, 0.05) is 29.1 Å². The van der Waals surface area contributed by atoms with Crippen molar-refractivity contribution in [1.82, 2.24) is 9.29 Å². The second-order valence-electron chi connectivity index (χ2n) is 4.18. The lowest BCUT2D eigenvalue weighted by Gasteiger charge is -2.17. The van der Waals surface area contributed by atoms with Gasteiger partial charge in [0.1, 0.15) is 5.82 Å². The van der Waals surface area contributed by atoms with Gasteiger partial charge >= 0.3 is 0 Å². The average Bonchev–Trinajstić information content (AvgIpc) is 2.74. The summed E-state index contributed by atoms with van der Waals surface area (Å²) in [4.78, 5) is 4.99. The zero-order valence-corrected chi connectivity index (χ0v) is 14.0. The number of hydrogen-bond acceptors (Lipinski definition) is 4. The lowest BCUT2D eigenvalue weighted by Crippen LogP contribution is -2.26. The zero-order chi connectivity index (χ0) is 14.9. The molecule has 2 rings (SSSR count). The molecule has 20 heavy (non-hydrogen) atoms. The highest BCUT2D eigenvalue weighted by Crippen LogP contribution is 2.26. The minimum atomic E-state index is -3.68. The summed E-state index contributed by atoms with van der Waals surface area (Å²) in [5.41, 5.74) is 0. The molecule has 0 saturated heterocycles. The summed E-state index contributed by atoms with van der Waals surface area (Å²) in [5, 5.41) is 0.883. The Balaban J connectivity index is 2.29. The average molecular weight is 379 g/mol. The molecule has 0 saturated carbocycles. The van der Waals surface area contributed by atoms with Gasteiger partial charge in [-0.05, 0) is 41.1 Å². The van der Waals surface area contributed by atoms with Crippen molar-refractivity contribution in [3.8, 4) is 0 Å². The first kappa shape index (κ1) is 15.6. The van der Waals surface area contributed by atoms with Crippen LogP contribution in [0.4, 0.5) is 4.39 Å². The highest BCUT2D eigenvalue weighted by atomic mass is 79.9. The highest BCUT2D eigenvalue weighted by Gasteiger charge is 2.24. The molecule has 108 valence electrons. The monoisotopic (exact) mass is 378 g/mol. The fourth-order valence-corrected chi connectivity index (χ4v) is 4.72. The van der Waals surface area contributed by atoms with E-state index in [1.807, 2.05) is 6.92 Å². The molecule has 2 aromatic rings. The fourth-order valence-electron chi connectivity index (χ4n) is 1.64. The molecule has 0 spiro atoms. The summed E-state index contributed by atoms with van der Waals surface area (Å²) in [6.45, 7) is 2.09. The zero-order valence-electron chi connectivity index (χ0n) is 10.8. The summed E-state index contributed by atoms with van der Waals surface area (Å²) in [7, 11) is -2.19. The van der Waals surface area contributed by atoms with E-state index < -0.39 is 15.8 Å². The molecule has 0 bridgehead atoms. The van der Waals surface area contributed by atoms with Crippen LogP contribution in [-0.4, -0.2) is 24.8 Å². The van der Waals surface area contributed by atoms with Crippen LogP contribution >= 0.6 is 27.3 Å². The van der Waals surface area contributed by atoms with Crippen LogP contribution in [0.1, 0.15) is 9.88 Å². The molecule has 0 aliphatic rings. The van der Waals surface area contributed by atoms with Gasteiger partial charge in [-0.15, -0.1) is 11.3 Å². The number of sulfonamides is 1. The van der Waals surface area contributed by atoms with Crippen LogP contribution in [0.2, 0.25) is 0 Å². The fraction of sp³-hybridized carbons (Fsp3) is 0.250. The van der Waals surface area contributed by atoms with Crippen LogP contribution in [0.15, 0.2) is 33.8 Å². The van der Waals surface area contributed by atoms with Crippen LogP contribution in [0.3, 0.4) is 0 Å². The van der Waals surface area contributed by atoms with E-state index in [1.165, 1.54) is 28.8 Å². The van der Waals surface area contributed by atoms with Gasteiger partial charge in [0.2, 0.25) is 10.0 Å². The third kappa shape index (κ3) is 3.25. The first-order valence-electron chi connectivity index (χ1n) is 5.63. The predicted octanol–water partition coefficient (Wildman–Crippen LogP) is 3.17. The van der Waals surface area contributed by atoms with E-state index in [0.29, 0.717) is 0 Å². The molecule has 1 aromatic heterocycles. The van der Waals surface area contributed by atoms with Gasteiger partial charge in [0.25, 0.3) is 0 Å². The number of rotatable bonds is 4. The van der Waals surface area contributed by atoms with Crippen molar-refractivity contribution >= 4 is 37.3 Å². The van der Waals surface area contributed by atoms with Crippen molar-refractivity contribution in [3.05, 3.63) is 44.6 Å². The topological polar surface area (TPSA) is 50.3 Å². The van der Waals surface area contributed by atoms with Crippen molar-refractivity contribution < 1.29 is 12.8 Å².